The summed E-state index contributed by atoms with van der Waals surface area (Å²) in [5.74, 6) is 1.33. The fourth-order valence-corrected chi connectivity index (χ4v) is 5.05. The lowest BCUT2D eigenvalue weighted by Crippen LogP contribution is -2.43. The lowest BCUT2D eigenvalue weighted by molar-refractivity contribution is 0.0218. The van der Waals surface area contributed by atoms with Gasteiger partial charge in [0.1, 0.15) is 12.2 Å². The molecule has 3 atom stereocenters. The van der Waals surface area contributed by atoms with Crippen molar-refractivity contribution in [3.63, 3.8) is 0 Å². The summed E-state index contributed by atoms with van der Waals surface area (Å²) < 4.78 is 17.9. The fraction of sp³-hybridized carbons (Fsp3) is 0.400. The Labute approximate surface area is 177 Å². The average molecular weight is 405 g/mol. The summed E-state index contributed by atoms with van der Waals surface area (Å²) in [5, 5.41) is 0. The van der Waals surface area contributed by atoms with Gasteiger partial charge >= 0.3 is 5.97 Å². The summed E-state index contributed by atoms with van der Waals surface area (Å²) in [6.45, 7) is 3.87. The summed E-state index contributed by atoms with van der Waals surface area (Å²) in [5.41, 5.74) is 4.02. The zero-order valence-corrected chi connectivity index (χ0v) is 17.7. The molecule has 0 saturated carbocycles. The van der Waals surface area contributed by atoms with Crippen LogP contribution in [-0.4, -0.2) is 43.8 Å². The Bertz CT molecular complexity index is 1010. The van der Waals surface area contributed by atoms with E-state index < -0.39 is 0 Å². The van der Waals surface area contributed by atoms with Gasteiger partial charge in [-0.2, -0.15) is 0 Å². The third kappa shape index (κ3) is 3.00. The Hall–Kier alpha value is -2.79. The molecule has 1 aliphatic carbocycles. The van der Waals surface area contributed by atoms with Gasteiger partial charge in [0.2, 0.25) is 0 Å². The standard InChI is InChI=1S/C25H27NO4/c1-16-4-6-17(7-5-16)24(27)29-19-10-11-25-12-13-26(2)15-18-8-9-20(28-3)23(22(18)25)30-21(25)14-19/h4-11,19,21H,12-15H2,1-3H3/t19?,21-,25-/m0/s1. The minimum absolute atomic E-state index is 0.0742. The molecule has 3 aliphatic rings. The molecule has 0 saturated heterocycles. The Morgan fingerprint density at radius 2 is 2.00 bits per heavy atom. The topological polar surface area (TPSA) is 48.0 Å². The van der Waals surface area contributed by atoms with E-state index in [2.05, 4.69) is 30.2 Å². The first-order valence-corrected chi connectivity index (χ1v) is 10.5. The molecular formula is C25H27NO4. The number of methoxy groups -OCH3 is 1. The smallest absolute Gasteiger partial charge is 0.338 e. The van der Waals surface area contributed by atoms with Gasteiger partial charge in [0.05, 0.1) is 18.1 Å². The number of esters is 1. The van der Waals surface area contributed by atoms with Gasteiger partial charge in [-0.1, -0.05) is 29.8 Å². The van der Waals surface area contributed by atoms with Crippen LogP contribution in [0.25, 0.3) is 0 Å². The van der Waals surface area contributed by atoms with Crippen LogP contribution in [0.4, 0.5) is 0 Å². The molecule has 5 rings (SSSR count). The first-order chi connectivity index (χ1) is 14.5. The van der Waals surface area contributed by atoms with E-state index >= 15 is 0 Å². The minimum atomic E-state index is -0.306. The Morgan fingerprint density at radius 3 is 2.77 bits per heavy atom. The number of hydrogen-bond acceptors (Lipinski definition) is 5. The maximum Gasteiger partial charge on any atom is 0.338 e. The summed E-state index contributed by atoms with van der Waals surface area (Å²) >= 11 is 0. The molecule has 0 bridgehead atoms. The third-order valence-corrected chi connectivity index (χ3v) is 6.68. The van der Waals surface area contributed by atoms with Gasteiger partial charge in [0, 0.05) is 18.5 Å². The predicted octanol–water partition coefficient (Wildman–Crippen LogP) is 4.02. The maximum atomic E-state index is 12.6. The predicted molar refractivity (Wildman–Crippen MR) is 114 cm³/mol. The van der Waals surface area contributed by atoms with Crippen molar-refractivity contribution in [2.75, 3.05) is 20.7 Å². The van der Waals surface area contributed by atoms with Crippen LogP contribution in [0.2, 0.25) is 0 Å². The maximum absolute atomic E-state index is 12.6. The molecule has 2 heterocycles. The van der Waals surface area contributed by atoms with Crippen molar-refractivity contribution < 1.29 is 19.0 Å². The van der Waals surface area contributed by atoms with E-state index in [0.717, 1.165) is 36.6 Å². The van der Waals surface area contributed by atoms with E-state index in [0.29, 0.717) is 12.0 Å². The largest absolute Gasteiger partial charge is 0.493 e. The van der Waals surface area contributed by atoms with Crippen LogP contribution in [0.5, 0.6) is 11.5 Å². The average Bonchev–Trinajstić information content (AvgIpc) is 3.00. The monoisotopic (exact) mass is 405 g/mol. The zero-order valence-electron chi connectivity index (χ0n) is 17.7. The minimum Gasteiger partial charge on any atom is -0.493 e. The molecular weight excluding hydrogens is 378 g/mol. The van der Waals surface area contributed by atoms with Gasteiger partial charge in [-0.15, -0.1) is 0 Å². The van der Waals surface area contributed by atoms with Gasteiger partial charge in [-0.25, -0.2) is 4.79 Å². The van der Waals surface area contributed by atoms with Crippen LogP contribution in [0.1, 0.15) is 39.9 Å². The van der Waals surface area contributed by atoms with Crippen molar-refractivity contribution in [3.05, 3.63) is 70.8 Å². The first-order valence-electron chi connectivity index (χ1n) is 10.5. The van der Waals surface area contributed by atoms with E-state index in [1.165, 1.54) is 11.1 Å². The molecule has 0 N–H and O–H groups in total. The van der Waals surface area contributed by atoms with E-state index in [1.807, 2.05) is 37.3 Å². The van der Waals surface area contributed by atoms with Gasteiger partial charge in [-0.05, 0) is 56.8 Å². The van der Waals surface area contributed by atoms with Crippen LogP contribution < -0.4 is 9.47 Å². The molecule has 5 nitrogen and oxygen atoms in total. The van der Waals surface area contributed by atoms with Crippen LogP contribution in [-0.2, 0) is 16.7 Å². The summed E-state index contributed by atoms with van der Waals surface area (Å²) in [7, 11) is 3.84. The Balaban J connectivity index is 1.46. The van der Waals surface area contributed by atoms with Gasteiger partial charge in [0.15, 0.2) is 11.5 Å². The van der Waals surface area contributed by atoms with Crippen molar-refractivity contribution in [2.24, 2.45) is 0 Å². The Morgan fingerprint density at radius 1 is 1.20 bits per heavy atom. The van der Waals surface area contributed by atoms with Crippen LogP contribution in [0, 0.1) is 6.92 Å². The highest BCUT2D eigenvalue weighted by Crippen LogP contribution is 2.55. The molecule has 30 heavy (non-hydrogen) atoms. The number of ether oxygens (including phenoxy) is 3. The van der Waals surface area contributed by atoms with Gasteiger partial charge in [-0.3, -0.25) is 0 Å². The molecule has 0 radical (unpaired) electrons. The molecule has 1 unspecified atom stereocenters. The zero-order chi connectivity index (χ0) is 20.9. The van der Waals surface area contributed by atoms with Crippen molar-refractivity contribution in [2.45, 2.75) is 43.9 Å². The third-order valence-electron chi connectivity index (χ3n) is 6.68. The van der Waals surface area contributed by atoms with Gasteiger partial charge < -0.3 is 19.1 Å². The SMILES string of the molecule is COc1ccc2c3c1O[C@H]1CC(OC(=O)c4ccc(C)cc4)C=C[C@@]31CCN(C)C2. The van der Waals surface area contributed by atoms with Crippen LogP contribution in [0.3, 0.4) is 0 Å². The molecule has 2 aromatic carbocycles. The normalized spacial score (nSPS) is 26.9. The highest BCUT2D eigenvalue weighted by atomic mass is 16.6. The fourth-order valence-electron chi connectivity index (χ4n) is 5.05. The van der Waals surface area contributed by atoms with E-state index in [1.54, 1.807) is 7.11 Å². The number of nitrogens with zero attached hydrogens (tertiary/aromatic N) is 1. The lowest BCUT2D eigenvalue weighted by atomic mass is 9.69. The van der Waals surface area contributed by atoms with Crippen LogP contribution in [0.15, 0.2) is 48.6 Å². The van der Waals surface area contributed by atoms with E-state index in [-0.39, 0.29) is 23.6 Å². The van der Waals surface area contributed by atoms with Crippen molar-refractivity contribution in [3.8, 4) is 11.5 Å². The molecule has 156 valence electrons. The van der Waals surface area contributed by atoms with Crippen LogP contribution >= 0.6 is 0 Å². The highest BCUT2D eigenvalue weighted by molar-refractivity contribution is 5.89. The van der Waals surface area contributed by atoms with Crippen molar-refractivity contribution in [1.82, 2.24) is 4.90 Å². The van der Waals surface area contributed by atoms with Crippen molar-refractivity contribution >= 4 is 5.97 Å². The molecule has 1 spiro atoms. The Kier molecular flexibility index (Phi) is 4.58. The number of benzene rings is 2. The summed E-state index contributed by atoms with van der Waals surface area (Å²) in [4.78, 5) is 15.0. The first kappa shape index (κ1) is 19.2. The van der Waals surface area contributed by atoms with Gasteiger partial charge in [0.25, 0.3) is 0 Å². The second kappa shape index (κ2) is 7.17. The highest BCUT2D eigenvalue weighted by Gasteiger charge is 2.53. The van der Waals surface area contributed by atoms with Crippen molar-refractivity contribution in [1.29, 1.82) is 0 Å². The molecule has 2 aliphatic heterocycles. The lowest BCUT2D eigenvalue weighted by Gasteiger charge is -2.36. The second-order valence-electron chi connectivity index (χ2n) is 8.67. The molecule has 0 fully saturated rings. The van der Waals surface area contributed by atoms with E-state index in [9.17, 15) is 4.79 Å². The quantitative estimate of drug-likeness (QED) is 0.570. The number of hydrogen-bond donors (Lipinski definition) is 0. The van der Waals surface area contributed by atoms with E-state index in [4.69, 9.17) is 14.2 Å². The number of aryl methyl sites for hydroxylation is 1. The number of carbonyl (C=O) groups is 1. The molecule has 0 aromatic heterocycles. The molecule has 0 amide bonds. The second-order valence-corrected chi connectivity index (χ2v) is 8.67. The molecule has 2 aromatic rings. The number of carbonyl (C=O) groups excluding carboxylic acids is 1. The molecule has 5 heteroatoms. The summed E-state index contributed by atoms with van der Waals surface area (Å²) in [6.07, 6.45) is 5.50. The number of rotatable bonds is 3. The summed E-state index contributed by atoms with van der Waals surface area (Å²) in [6, 6.07) is 11.6.